The number of hydrogen-bond acceptors (Lipinski definition) is 4. The Bertz CT molecular complexity index is 1130. The lowest BCUT2D eigenvalue weighted by molar-refractivity contribution is -0.139. The molecular formula is C25H34ClN3O4S. The molecule has 2 aromatic rings. The van der Waals surface area contributed by atoms with E-state index in [1.807, 2.05) is 33.8 Å². The van der Waals surface area contributed by atoms with E-state index in [0.717, 1.165) is 21.7 Å². The normalized spacial score (nSPS) is 12.4. The molecule has 0 fully saturated rings. The van der Waals surface area contributed by atoms with Crippen molar-refractivity contribution in [1.82, 2.24) is 10.2 Å². The minimum absolute atomic E-state index is 0.0686. The number of sulfonamides is 1. The van der Waals surface area contributed by atoms with Gasteiger partial charge in [0.15, 0.2) is 0 Å². The van der Waals surface area contributed by atoms with Crippen LogP contribution in [0.4, 0.5) is 5.69 Å². The Labute approximate surface area is 208 Å². The maximum absolute atomic E-state index is 13.6. The number of hydrogen-bond donors (Lipinski definition) is 1. The number of amides is 2. The van der Waals surface area contributed by atoms with Crippen LogP contribution in [0.1, 0.15) is 37.5 Å². The van der Waals surface area contributed by atoms with E-state index in [1.165, 1.54) is 4.90 Å². The quantitative estimate of drug-likeness (QED) is 0.528. The highest BCUT2D eigenvalue weighted by molar-refractivity contribution is 7.92. The molecule has 0 spiro atoms. The van der Waals surface area contributed by atoms with Crippen LogP contribution in [-0.4, -0.2) is 50.5 Å². The van der Waals surface area contributed by atoms with Gasteiger partial charge in [-0.05, 0) is 55.5 Å². The Morgan fingerprint density at radius 1 is 1.03 bits per heavy atom. The van der Waals surface area contributed by atoms with Crippen molar-refractivity contribution in [1.29, 1.82) is 0 Å². The fourth-order valence-corrected chi connectivity index (χ4v) is 4.54. The van der Waals surface area contributed by atoms with Gasteiger partial charge in [0.1, 0.15) is 12.6 Å². The zero-order valence-corrected chi connectivity index (χ0v) is 22.2. The lowest BCUT2D eigenvalue weighted by Crippen LogP contribution is -2.51. The van der Waals surface area contributed by atoms with Gasteiger partial charge in [0.2, 0.25) is 21.8 Å². The minimum Gasteiger partial charge on any atom is -0.354 e. The molecule has 0 saturated heterocycles. The van der Waals surface area contributed by atoms with Gasteiger partial charge in [-0.3, -0.25) is 13.9 Å². The molecule has 1 N–H and O–H groups in total. The topological polar surface area (TPSA) is 86.8 Å². The molecule has 0 aliphatic heterocycles. The molecule has 2 aromatic carbocycles. The summed E-state index contributed by atoms with van der Waals surface area (Å²) in [5.74, 6) is -0.570. The first kappa shape index (κ1) is 27.7. The molecule has 0 unspecified atom stereocenters. The zero-order valence-electron chi connectivity index (χ0n) is 20.6. The molecule has 2 rings (SSSR count). The van der Waals surface area contributed by atoms with Gasteiger partial charge in [-0.15, -0.1) is 0 Å². The van der Waals surface area contributed by atoms with Crippen molar-refractivity contribution in [3.8, 4) is 0 Å². The summed E-state index contributed by atoms with van der Waals surface area (Å²) in [7, 11) is -3.78. The van der Waals surface area contributed by atoms with Crippen molar-refractivity contribution in [2.24, 2.45) is 5.92 Å². The maximum atomic E-state index is 13.6. The van der Waals surface area contributed by atoms with Crippen molar-refractivity contribution in [2.75, 3.05) is 23.7 Å². The van der Waals surface area contributed by atoms with Crippen LogP contribution in [0.2, 0.25) is 5.02 Å². The molecule has 0 aromatic heterocycles. The summed E-state index contributed by atoms with van der Waals surface area (Å²) in [6.07, 6.45) is 1.07. The Kier molecular flexibility index (Phi) is 9.53. The van der Waals surface area contributed by atoms with Crippen LogP contribution >= 0.6 is 11.6 Å². The molecule has 2 amide bonds. The fraction of sp³-hybridized carbons (Fsp3) is 0.440. The number of nitrogens with zero attached hydrogens (tertiary/aromatic N) is 2. The summed E-state index contributed by atoms with van der Waals surface area (Å²) in [6, 6.07) is 11.5. The molecule has 1 atom stereocenters. The van der Waals surface area contributed by atoms with Crippen molar-refractivity contribution in [2.45, 2.75) is 47.2 Å². The summed E-state index contributed by atoms with van der Waals surface area (Å²) < 4.78 is 26.5. The maximum Gasteiger partial charge on any atom is 0.244 e. The number of carbonyl (C=O) groups excluding carboxylic acids is 2. The average Bonchev–Trinajstić information content (AvgIpc) is 2.76. The van der Waals surface area contributed by atoms with E-state index < -0.39 is 28.5 Å². The first-order valence-electron chi connectivity index (χ1n) is 11.2. The number of halogens is 1. The Morgan fingerprint density at radius 2 is 1.68 bits per heavy atom. The molecule has 186 valence electrons. The summed E-state index contributed by atoms with van der Waals surface area (Å²) in [5.41, 5.74) is 2.78. The van der Waals surface area contributed by atoms with E-state index in [0.29, 0.717) is 22.8 Å². The van der Waals surface area contributed by atoms with E-state index in [-0.39, 0.29) is 18.4 Å². The fourth-order valence-electron chi connectivity index (χ4n) is 3.45. The van der Waals surface area contributed by atoms with Crippen LogP contribution in [0.3, 0.4) is 0 Å². The van der Waals surface area contributed by atoms with Gasteiger partial charge in [0.25, 0.3) is 0 Å². The Balaban J connectivity index is 2.43. The van der Waals surface area contributed by atoms with Gasteiger partial charge in [-0.2, -0.15) is 0 Å². The van der Waals surface area contributed by atoms with Crippen molar-refractivity contribution >= 4 is 39.1 Å². The number of nitrogens with one attached hydrogen (secondary N) is 1. The standard InChI is InChI=1S/C25H34ClN3O4S/c1-17(2)14-27-25(31)20(5)28(15-21-11-7-8-12-22(21)26)24(30)16-29(34(6,32)33)23-13-9-10-18(3)19(23)4/h7-13,17,20H,14-16H2,1-6H3,(H,27,31)/t20-/m0/s1. The van der Waals surface area contributed by atoms with Gasteiger partial charge < -0.3 is 10.2 Å². The van der Waals surface area contributed by atoms with Crippen LogP contribution in [0, 0.1) is 19.8 Å². The van der Waals surface area contributed by atoms with Gasteiger partial charge in [0.05, 0.1) is 11.9 Å². The summed E-state index contributed by atoms with van der Waals surface area (Å²) in [5, 5.41) is 3.31. The second kappa shape index (κ2) is 11.7. The molecular weight excluding hydrogens is 474 g/mol. The molecule has 0 aliphatic rings. The molecule has 0 aliphatic carbocycles. The van der Waals surface area contributed by atoms with Crippen molar-refractivity contribution < 1.29 is 18.0 Å². The van der Waals surface area contributed by atoms with Crippen LogP contribution in [0.25, 0.3) is 0 Å². The molecule has 0 radical (unpaired) electrons. The summed E-state index contributed by atoms with van der Waals surface area (Å²) in [6.45, 7) is 9.39. The first-order chi connectivity index (χ1) is 15.8. The van der Waals surface area contributed by atoms with E-state index >= 15 is 0 Å². The zero-order chi connectivity index (χ0) is 25.6. The van der Waals surface area contributed by atoms with Crippen molar-refractivity contribution in [3.63, 3.8) is 0 Å². The number of anilines is 1. The predicted molar refractivity (Wildman–Crippen MR) is 137 cm³/mol. The number of benzene rings is 2. The third-order valence-corrected chi connectivity index (χ3v) is 7.17. The molecule has 34 heavy (non-hydrogen) atoms. The van der Waals surface area contributed by atoms with Crippen LogP contribution in [0.5, 0.6) is 0 Å². The van der Waals surface area contributed by atoms with Gasteiger partial charge in [0, 0.05) is 18.1 Å². The molecule has 0 heterocycles. The SMILES string of the molecule is Cc1cccc(N(CC(=O)N(Cc2ccccc2Cl)[C@@H](C)C(=O)NCC(C)C)S(C)(=O)=O)c1C. The average molecular weight is 508 g/mol. The smallest absolute Gasteiger partial charge is 0.244 e. The second-order valence-electron chi connectivity index (χ2n) is 8.92. The van der Waals surface area contributed by atoms with Gasteiger partial charge >= 0.3 is 0 Å². The van der Waals surface area contributed by atoms with Gasteiger partial charge in [-0.1, -0.05) is 55.8 Å². The van der Waals surface area contributed by atoms with Crippen molar-refractivity contribution in [3.05, 3.63) is 64.2 Å². The third kappa shape index (κ3) is 7.21. The lowest BCUT2D eigenvalue weighted by atomic mass is 10.1. The lowest BCUT2D eigenvalue weighted by Gasteiger charge is -2.32. The van der Waals surface area contributed by atoms with Gasteiger partial charge in [-0.25, -0.2) is 8.42 Å². The van der Waals surface area contributed by atoms with E-state index in [4.69, 9.17) is 11.6 Å². The largest absolute Gasteiger partial charge is 0.354 e. The first-order valence-corrected chi connectivity index (χ1v) is 13.4. The number of aryl methyl sites for hydroxylation is 1. The third-order valence-electron chi connectivity index (χ3n) is 5.67. The summed E-state index contributed by atoms with van der Waals surface area (Å²) in [4.78, 5) is 27.8. The Morgan fingerprint density at radius 3 is 2.26 bits per heavy atom. The minimum atomic E-state index is -3.78. The highest BCUT2D eigenvalue weighted by Crippen LogP contribution is 2.26. The second-order valence-corrected chi connectivity index (χ2v) is 11.2. The van der Waals surface area contributed by atoms with Crippen LogP contribution in [0.15, 0.2) is 42.5 Å². The van der Waals surface area contributed by atoms with E-state index in [2.05, 4.69) is 5.32 Å². The monoisotopic (exact) mass is 507 g/mol. The predicted octanol–water partition coefficient (Wildman–Crippen LogP) is 3.91. The van der Waals surface area contributed by atoms with E-state index in [9.17, 15) is 18.0 Å². The number of rotatable bonds is 10. The molecule has 0 saturated carbocycles. The molecule has 7 nitrogen and oxygen atoms in total. The number of carbonyl (C=O) groups is 2. The van der Waals surface area contributed by atoms with Crippen LogP contribution < -0.4 is 9.62 Å². The highest BCUT2D eigenvalue weighted by Gasteiger charge is 2.31. The summed E-state index contributed by atoms with van der Waals surface area (Å²) >= 11 is 6.33. The Hall–Kier alpha value is -2.58. The van der Waals surface area contributed by atoms with Crippen LogP contribution in [-0.2, 0) is 26.2 Å². The van der Waals surface area contributed by atoms with E-state index in [1.54, 1.807) is 43.3 Å². The highest BCUT2D eigenvalue weighted by atomic mass is 35.5. The molecule has 0 bridgehead atoms. The molecule has 9 heteroatoms.